The third-order valence-corrected chi connectivity index (χ3v) is 3.48. The van der Waals surface area contributed by atoms with Gasteiger partial charge in [0.2, 0.25) is 0 Å². The summed E-state index contributed by atoms with van der Waals surface area (Å²) >= 11 is 0. The third-order valence-electron chi connectivity index (χ3n) is 3.48. The first kappa shape index (κ1) is 8.04. The molecule has 2 nitrogen and oxygen atoms in total. The molecule has 2 aliphatic heterocycles. The highest BCUT2D eigenvalue weighted by atomic mass is 15.2. The van der Waals surface area contributed by atoms with E-state index in [0.717, 1.165) is 6.42 Å². The van der Waals surface area contributed by atoms with Crippen LogP contribution in [0.2, 0.25) is 0 Å². The first-order chi connectivity index (χ1) is 6.77. The number of fused-ring (bicyclic) bond motifs is 3. The molecule has 72 valence electrons. The van der Waals surface area contributed by atoms with Crippen LogP contribution in [-0.4, -0.2) is 11.0 Å². The maximum Gasteiger partial charge on any atom is 0.0475 e. The number of hydrogen-bond donors (Lipinski definition) is 0. The molecule has 0 spiro atoms. The van der Waals surface area contributed by atoms with E-state index in [9.17, 15) is 0 Å². The monoisotopic (exact) mass is 186 g/mol. The molecule has 0 amide bonds. The number of anilines is 1. The molecule has 1 aromatic heterocycles. The van der Waals surface area contributed by atoms with Crippen LogP contribution in [0.3, 0.4) is 0 Å². The van der Waals surface area contributed by atoms with Crippen LogP contribution in [0.5, 0.6) is 0 Å². The number of rotatable bonds is 0. The van der Waals surface area contributed by atoms with Gasteiger partial charge in [0.05, 0.1) is 0 Å². The molecule has 0 fully saturated rings. The Morgan fingerprint density at radius 1 is 1.36 bits per heavy atom. The second-order valence-electron chi connectivity index (χ2n) is 4.30. The highest BCUT2D eigenvalue weighted by Crippen LogP contribution is 2.41. The van der Waals surface area contributed by atoms with Gasteiger partial charge in [-0.05, 0) is 38.3 Å². The van der Waals surface area contributed by atoms with Crippen LogP contribution < -0.4 is 4.90 Å². The van der Waals surface area contributed by atoms with Gasteiger partial charge in [0.15, 0.2) is 0 Å². The van der Waals surface area contributed by atoms with Gasteiger partial charge in [-0.1, -0.05) is 5.57 Å². The zero-order valence-corrected chi connectivity index (χ0v) is 8.62. The SMILES string of the molecule is CC1=C(C)N2c3ccncc3CC2C1. The Morgan fingerprint density at radius 3 is 3.07 bits per heavy atom. The van der Waals surface area contributed by atoms with Crippen molar-refractivity contribution >= 4 is 5.69 Å². The van der Waals surface area contributed by atoms with Gasteiger partial charge in [0.25, 0.3) is 0 Å². The van der Waals surface area contributed by atoms with Gasteiger partial charge in [-0.15, -0.1) is 0 Å². The minimum atomic E-state index is 0.675. The van der Waals surface area contributed by atoms with Crippen molar-refractivity contribution in [3.8, 4) is 0 Å². The minimum Gasteiger partial charge on any atom is -0.341 e. The lowest BCUT2D eigenvalue weighted by Crippen LogP contribution is -2.24. The van der Waals surface area contributed by atoms with Crippen molar-refractivity contribution < 1.29 is 0 Å². The van der Waals surface area contributed by atoms with E-state index in [1.807, 2.05) is 12.4 Å². The fraction of sp³-hybridized carbons (Fsp3) is 0.417. The summed E-state index contributed by atoms with van der Waals surface area (Å²) in [5.41, 5.74) is 5.76. The summed E-state index contributed by atoms with van der Waals surface area (Å²) in [7, 11) is 0. The molecule has 0 bridgehead atoms. The number of aromatic nitrogens is 1. The molecule has 2 aliphatic rings. The van der Waals surface area contributed by atoms with Crippen molar-refractivity contribution in [1.29, 1.82) is 0 Å². The molecule has 0 N–H and O–H groups in total. The fourth-order valence-electron chi connectivity index (χ4n) is 2.68. The normalized spacial score (nSPS) is 24.1. The van der Waals surface area contributed by atoms with E-state index in [0.29, 0.717) is 6.04 Å². The smallest absolute Gasteiger partial charge is 0.0475 e. The lowest BCUT2D eigenvalue weighted by molar-refractivity contribution is 0.709. The van der Waals surface area contributed by atoms with Gasteiger partial charge in [-0.25, -0.2) is 0 Å². The van der Waals surface area contributed by atoms with Crippen LogP contribution >= 0.6 is 0 Å². The Balaban J connectivity index is 2.13. The average Bonchev–Trinajstić information content (AvgIpc) is 2.65. The molecule has 0 saturated carbocycles. The van der Waals surface area contributed by atoms with E-state index < -0.39 is 0 Å². The van der Waals surface area contributed by atoms with Gasteiger partial charge >= 0.3 is 0 Å². The Labute approximate surface area is 84.3 Å². The van der Waals surface area contributed by atoms with E-state index in [1.54, 1.807) is 0 Å². The number of hydrogen-bond acceptors (Lipinski definition) is 2. The van der Waals surface area contributed by atoms with E-state index in [4.69, 9.17) is 0 Å². The molecule has 0 saturated heterocycles. The highest BCUT2D eigenvalue weighted by molar-refractivity contribution is 5.65. The molecular weight excluding hydrogens is 172 g/mol. The van der Waals surface area contributed by atoms with Crippen molar-refractivity contribution in [3.05, 3.63) is 35.3 Å². The summed E-state index contributed by atoms with van der Waals surface area (Å²) in [6.07, 6.45) is 6.29. The van der Waals surface area contributed by atoms with Crippen LogP contribution in [0.1, 0.15) is 25.8 Å². The molecule has 3 heterocycles. The lowest BCUT2D eigenvalue weighted by atomic mass is 10.1. The maximum atomic E-state index is 4.18. The zero-order chi connectivity index (χ0) is 9.71. The van der Waals surface area contributed by atoms with Crippen LogP contribution in [0, 0.1) is 0 Å². The summed E-state index contributed by atoms with van der Waals surface area (Å²) in [6.45, 7) is 4.47. The second-order valence-corrected chi connectivity index (χ2v) is 4.30. The van der Waals surface area contributed by atoms with Crippen LogP contribution in [0.15, 0.2) is 29.7 Å². The molecule has 3 rings (SSSR count). The summed E-state index contributed by atoms with van der Waals surface area (Å²) in [5.74, 6) is 0. The van der Waals surface area contributed by atoms with Crippen molar-refractivity contribution in [2.75, 3.05) is 4.90 Å². The second kappa shape index (κ2) is 2.59. The summed E-state index contributed by atoms with van der Waals surface area (Å²) in [4.78, 5) is 6.66. The van der Waals surface area contributed by atoms with Crippen molar-refractivity contribution in [2.45, 2.75) is 32.7 Å². The Kier molecular flexibility index (Phi) is 1.49. The fourth-order valence-corrected chi connectivity index (χ4v) is 2.68. The molecule has 0 aliphatic carbocycles. The summed E-state index contributed by atoms with van der Waals surface area (Å²) in [6, 6.07) is 2.81. The molecule has 1 unspecified atom stereocenters. The third kappa shape index (κ3) is 0.884. The van der Waals surface area contributed by atoms with Gasteiger partial charge in [0, 0.05) is 29.8 Å². The van der Waals surface area contributed by atoms with E-state index in [2.05, 4.69) is 29.8 Å². The van der Waals surface area contributed by atoms with Crippen molar-refractivity contribution in [1.82, 2.24) is 4.98 Å². The number of nitrogens with zero attached hydrogens (tertiary/aromatic N) is 2. The standard InChI is InChI=1S/C12H14N2/c1-8-5-11-6-10-7-13-4-3-12(10)14(11)9(8)2/h3-4,7,11H,5-6H2,1-2H3. The van der Waals surface area contributed by atoms with Gasteiger partial charge < -0.3 is 4.90 Å². The Bertz CT molecular complexity index is 420. The zero-order valence-electron chi connectivity index (χ0n) is 8.62. The molecule has 1 atom stereocenters. The molecule has 2 heteroatoms. The predicted octanol–water partition coefficient (Wildman–Crippen LogP) is 2.51. The minimum absolute atomic E-state index is 0.675. The summed E-state index contributed by atoms with van der Waals surface area (Å²) < 4.78 is 0. The van der Waals surface area contributed by atoms with Crippen LogP contribution in [0.25, 0.3) is 0 Å². The van der Waals surface area contributed by atoms with E-state index >= 15 is 0 Å². The van der Waals surface area contributed by atoms with Crippen molar-refractivity contribution in [2.24, 2.45) is 0 Å². The molecule has 1 aromatic rings. The number of allylic oxidation sites excluding steroid dienone is 1. The largest absolute Gasteiger partial charge is 0.341 e. The Morgan fingerprint density at radius 2 is 2.21 bits per heavy atom. The topological polar surface area (TPSA) is 16.1 Å². The Hall–Kier alpha value is -1.31. The van der Waals surface area contributed by atoms with Crippen LogP contribution in [-0.2, 0) is 6.42 Å². The molecule has 0 radical (unpaired) electrons. The lowest BCUT2D eigenvalue weighted by Gasteiger charge is -2.21. The van der Waals surface area contributed by atoms with Gasteiger partial charge in [0.1, 0.15) is 0 Å². The van der Waals surface area contributed by atoms with Gasteiger partial charge in [-0.2, -0.15) is 0 Å². The van der Waals surface area contributed by atoms with E-state index in [1.165, 1.54) is 28.9 Å². The average molecular weight is 186 g/mol. The quantitative estimate of drug-likeness (QED) is 0.619. The maximum absolute atomic E-state index is 4.18. The first-order valence-corrected chi connectivity index (χ1v) is 5.16. The van der Waals surface area contributed by atoms with E-state index in [-0.39, 0.29) is 0 Å². The van der Waals surface area contributed by atoms with Crippen LogP contribution in [0.4, 0.5) is 5.69 Å². The van der Waals surface area contributed by atoms with Gasteiger partial charge in [-0.3, -0.25) is 4.98 Å². The predicted molar refractivity (Wildman–Crippen MR) is 57.2 cm³/mol. The van der Waals surface area contributed by atoms with Crippen molar-refractivity contribution in [3.63, 3.8) is 0 Å². The number of pyridine rings is 1. The molecular formula is C12H14N2. The molecule has 14 heavy (non-hydrogen) atoms. The first-order valence-electron chi connectivity index (χ1n) is 5.16. The highest BCUT2D eigenvalue weighted by Gasteiger charge is 2.35. The molecule has 0 aromatic carbocycles. The summed E-state index contributed by atoms with van der Waals surface area (Å²) in [5, 5.41) is 0.